The Morgan fingerprint density at radius 3 is 2.88 bits per heavy atom. The molecule has 2 aromatic rings. The van der Waals surface area contributed by atoms with Crippen molar-refractivity contribution >= 4 is 5.69 Å². The molecular formula is C12H15N5. The fraction of sp³-hybridized carbons (Fsp3) is 0.417. The van der Waals surface area contributed by atoms with E-state index in [0.717, 1.165) is 29.1 Å². The van der Waals surface area contributed by atoms with Crippen LogP contribution in [0.2, 0.25) is 0 Å². The molecule has 1 aliphatic rings. The fourth-order valence-electron chi connectivity index (χ4n) is 2.12. The Morgan fingerprint density at radius 2 is 2.18 bits per heavy atom. The number of benzene rings is 1. The fourth-order valence-corrected chi connectivity index (χ4v) is 2.12. The molecule has 0 spiro atoms. The molecule has 1 aromatic heterocycles. The second kappa shape index (κ2) is 3.55. The minimum atomic E-state index is 0.445. The normalized spacial score (nSPS) is 22.7. The number of aromatic nitrogens is 4. The van der Waals surface area contributed by atoms with Gasteiger partial charge in [-0.1, -0.05) is 13.0 Å². The Labute approximate surface area is 99.6 Å². The molecule has 0 radical (unpaired) electrons. The predicted octanol–water partition coefficient (Wildman–Crippen LogP) is 1.81. The Kier molecular flexibility index (Phi) is 2.14. The first-order valence-electron chi connectivity index (χ1n) is 5.81. The summed E-state index contributed by atoms with van der Waals surface area (Å²) in [7, 11) is 0. The van der Waals surface area contributed by atoms with Crippen molar-refractivity contribution in [3.63, 3.8) is 0 Å². The largest absolute Gasteiger partial charge is 0.399 e. The van der Waals surface area contributed by atoms with Gasteiger partial charge in [0.25, 0.3) is 0 Å². The number of anilines is 1. The summed E-state index contributed by atoms with van der Waals surface area (Å²) in [5.41, 5.74) is 8.73. The zero-order chi connectivity index (χ0) is 12.0. The van der Waals surface area contributed by atoms with Crippen molar-refractivity contribution in [2.45, 2.75) is 26.3 Å². The van der Waals surface area contributed by atoms with E-state index in [1.165, 1.54) is 0 Å². The van der Waals surface area contributed by atoms with Gasteiger partial charge in [-0.25, -0.2) is 4.68 Å². The summed E-state index contributed by atoms with van der Waals surface area (Å²) in [6.45, 7) is 4.26. The number of nitrogen functional groups attached to an aromatic ring is 1. The van der Waals surface area contributed by atoms with Crippen LogP contribution in [0, 0.1) is 12.8 Å². The van der Waals surface area contributed by atoms with Crippen LogP contribution in [0.3, 0.4) is 0 Å². The minimum Gasteiger partial charge on any atom is -0.399 e. The maximum absolute atomic E-state index is 5.82. The monoisotopic (exact) mass is 229 g/mol. The molecule has 3 rings (SSSR count). The van der Waals surface area contributed by atoms with Gasteiger partial charge in [0, 0.05) is 11.3 Å². The van der Waals surface area contributed by atoms with Crippen molar-refractivity contribution in [2.24, 2.45) is 5.92 Å². The first-order chi connectivity index (χ1) is 8.16. The van der Waals surface area contributed by atoms with Gasteiger partial charge in [-0.05, 0) is 47.4 Å². The molecule has 5 heteroatoms. The van der Waals surface area contributed by atoms with Crippen molar-refractivity contribution in [3.05, 3.63) is 23.8 Å². The van der Waals surface area contributed by atoms with E-state index in [0.29, 0.717) is 12.0 Å². The highest BCUT2D eigenvalue weighted by atomic mass is 15.6. The molecular weight excluding hydrogens is 214 g/mol. The molecule has 88 valence electrons. The summed E-state index contributed by atoms with van der Waals surface area (Å²) >= 11 is 0. The third-order valence-electron chi connectivity index (χ3n) is 3.38. The van der Waals surface area contributed by atoms with Crippen LogP contribution in [-0.2, 0) is 0 Å². The summed E-state index contributed by atoms with van der Waals surface area (Å²) in [6.07, 6.45) is 1.15. The number of rotatable bonds is 2. The predicted molar refractivity (Wildman–Crippen MR) is 65.2 cm³/mol. The molecule has 2 unspecified atom stereocenters. The molecule has 2 atom stereocenters. The Hall–Kier alpha value is -1.91. The van der Waals surface area contributed by atoms with E-state index in [2.05, 4.69) is 22.4 Å². The molecule has 1 heterocycles. The summed E-state index contributed by atoms with van der Waals surface area (Å²) in [4.78, 5) is 0. The summed E-state index contributed by atoms with van der Waals surface area (Å²) in [5, 5.41) is 12.0. The SMILES string of the molecule is Cc1ccc(N)cc1-c1nnnn1C1CC1C. The highest BCUT2D eigenvalue weighted by Gasteiger charge is 2.37. The van der Waals surface area contributed by atoms with E-state index in [1.807, 2.05) is 29.8 Å². The first kappa shape index (κ1) is 10.3. The minimum absolute atomic E-state index is 0.445. The van der Waals surface area contributed by atoms with Gasteiger partial charge < -0.3 is 5.73 Å². The molecule has 0 bridgehead atoms. The molecule has 1 fully saturated rings. The third kappa shape index (κ3) is 1.67. The quantitative estimate of drug-likeness (QED) is 0.797. The van der Waals surface area contributed by atoms with Crippen molar-refractivity contribution in [2.75, 3.05) is 5.73 Å². The lowest BCUT2D eigenvalue weighted by Crippen LogP contribution is -2.02. The van der Waals surface area contributed by atoms with Crippen molar-refractivity contribution in [3.8, 4) is 11.4 Å². The van der Waals surface area contributed by atoms with Crippen LogP contribution in [0.25, 0.3) is 11.4 Å². The van der Waals surface area contributed by atoms with E-state index in [-0.39, 0.29) is 0 Å². The van der Waals surface area contributed by atoms with E-state index < -0.39 is 0 Å². The molecule has 1 aliphatic carbocycles. The maximum atomic E-state index is 5.82. The van der Waals surface area contributed by atoms with E-state index in [9.17, 15) is 0 Å². The van der Waals surface area contributed by atoms with Gasteiger partial charge in [0.05, 0.1) is 6.04 Å². The molecule has 1 saturated carbocycles. The molecule has 17 heavy (non-hydrogen) atoms. The number of tetrazole rings is 1. The summed E-state index contributed by atoms with van der Waals surface area (Å²) in [5.74, 6) is 1.49. The Bertz CT molecular complexity index is 560. The number of hydrogen-bond acceptors (Lipinski definition) is 4. The molecule has 0 aliphatic heterocycles. The number of hydrogen-bond donors (Lipinski definition) is 1. The van der Waals surface area contributed by atoms with Gasteiger partial charge in [-0.2, -0.15) is 0 Å². The average molecular weight is 229 g/mol. The van der Waals surface area contributed by atoms with Gasteiger partial charge >= 0.3 is 0 Å². The van der Waals surface area contributed by atoms with Crippen LogP contribution in [0.1, 0.15) is 24.9 Å². The highest BCUT2D eigenvalue weighted by molar-refractivity contribution is 5.65. The second-order valence-corrected chi connectivity index (χ2v) is 4.80. The molecule has 0 saturated heterocycles. The molecule has 0 amide bonds. The maximum Gasteiger partial charge on any atom is 0.182 e. The van der Waals surface area contributed by atoms with Crippen molar-refractivity contribution in [1.82, 2.24) is 20.2 Å². The van der Waals surface area contributed by atoms with Crippen LogP contribution in [0.4, 0.5) is 5.69 Å². The summed E-state index contributed by atoms with van der Waals surface area (Å²) < 4.78 is 1.92. The standard InChI is InChI=1S/C12H15N5/c1-7-3-4-9(13)6-10(7)12-14-15-16-17(12)11-5-8(11)2/h3-4,6,8,11H,5,13H2,1-2H3. The Morgan fingerprint density at radius 1 is 1.41 bits per heavy atom. The van der Waals surface area contributed by atoms with Crippen LogP contribution < -0.4 is 5.73 Å². The zero-order valence-electron chi connectivity index (χ0n) is 9.96. The molecule has 5 nitrogen and oxygen atoms in total. The average Bonchev–Trinajstić information content (AvgIpc) is 2.85. The Balaban J connectivity index is 2.09. The van der Waals surface area contributed by atoms with E-state index in [4.69, 9.17) is 5.73 Å². The summed E-state index contributed by atoms with van der Waals surface area (Å²) in [6, 6.07) is 6.28. The topological polar surface area (TPSA) is 69.6 Å². The van der Waals surface area contributed by atoms with Gasteiger partial charge in [-0.15, -0.1) is 5.10 Å². The first-order valence-corrected chi connectivity index (χ1v) is 5.81. The lowest BCUT2D eigenvalue weighted by molar-refractivity contribution is 0.584. The van der Waals surface area contributed by atoms with Crippen LogP contribution >= 0.6 is 0 Å². The number of nitrogens with zero attached hydrogens (tertiary/aromatic N) is 4. The van der Waals surface area contributed by atoms with E-state index >= 15 is 0 Å². The molecule has 1 aromatic carbocycles. The van der Waals surface area contributed by atoms with Crippen LogP contribution in [0.5, 0.6) is 0 Å². The highest BCUT2D eigenvalue weighted by Crippen LogP contribution is 2.43. The smallest absolute Gasteiger partial charge is 0.182 e. The lowest BCUT2D eigenvalue weighted by Gasteiger charge is -2.07. The van der Waals surface area contributed by atoms with Crippen molar-refractivity contribution < 1.29 is 0 Å². The zero-order valence-corrected chi connectivity index (χ0v) is 9.96. The van der Waals surface area contributed by atoms with E-state index in [1.54, 1.807) is 0 Å². The van der Waals surface area contributed by atoms with Gasteiger partial charge in [-0.3, -0.25) is 0 Å². The number of aryl methyl sites for hydroxylation is 1. The van der Waals surface area contributed by atoms with Crippen LogP contribution in [-0.4, -0.2) is 20.2 Å². The second-order valence-electron chi connectivity index (χ2n) is 4.80. The number of nitrogens with two attached hydrogens (primary N) is 1. The van der Waals surface area contributed by atoms with Crippen molar-refractivity contribution in [1.29, 1.82) is 0 Å². The molecule has 2 N–H and O–H groups in total. The van der Waals surface area contributed by atoms with Crippen LogP contribution in [0.15, 0.2) is 18.2 Å². The van der Waals surface area contributed by atoms with Gasteiger partial charge in [0.2, 0.25) is 0 Å². The van der Waals surface area contributed by atoms with Gasteiger partial charge in [0.15, 0.2) is 5.82 Å². The van der Waals surface area contributed by atoms with Gasteiger partial charge in [0.1, 0.15) is 0 Å². The third-order valence-corrected chi connectivity index (χ3v) is 3.38. The lowest BCUT2D eigenvalue weighted by atomic mass is 10.1.